The quantitative estimate of drug-likeness (QED) is 0.377. The second-order valence-electron chi connectivity index (χ2n) is 3.20. The number of hydrogen-bond acceptors (Lipinski definition) is 6. The van der Waals surface area contributed by atoms with Crippen molar-refractivity contribution in [3.05, 3.63) is 29.3 Å². The van der Waals surface area contributed by atoms with Crippen LogP contribution in [-0.4, -0.2) is 39.1 Å². The van der Waals surface area contributed by atoms with Crippen molar-refractivity contribution in [1.29, 1.82) is 0 Å². The molecule has 0 amide bonds. The Morgan fingerprint density at radius 3 is 1.68 bits per heavy atom. The summed E-state index contributed by atoms with van der Waals surface area (Å²) in [5.74, 6) is -1.68. The van der Waals surface area contributed by atoms with Crippen molar-refractivity contribution in [3.63, 3.8) is 0 Å². The minimum absolute atomic E-state index is 0. The van der Waals surface area contributed by atoms with E-state index in [4.69, 9.17) is 4.55 Å². The Labute approximate surface area is 133 Å². The summed E-state index contributed by atoms with van der Waals surface area (Å²) < 4.78 is 39.7. The average Bonchev–Trinajstić information content (AvgIpc) is 2.35. The van der Waals surface area contributed by atoms with Crippen molar-refractivity contribution in [2.75, 3.05) is 14.2 Å². The summed E-state index contributed by atoms with van der Waals surface area (Å²) in [6.45, 7) is 0. The SMILES string of the molecule is COC(=O)c1cc(C(=O)OC)cc(S(=O)(=O)O)c1.[H-].[Na+]. The Bertz CT molecular complexity index is 565. The molecule has 0 atom stereocenters. The molecule has 100 valence electrons. The first kappa shape index (κ1) is 18.1. The zero-order chi connectivity index (χ0) is 13.9. The molecule has 0 aliphatic rings. The van der Waals surface area contributed by atoms with E-state index in [9.17, 15) is 18.0 Å². The van der Waals surface area contributed by atoms with Crippen LogP contribution in [-0.2, 0) is 19.6 Å². The molecule has 1 aromatic rings. The Morgan fingerprint density at radius 2 is 1.42 bits per heavy atom. The molecular weight excluding hydrogens is 287 g/mol. The van der Waals surface area contributed by atoms with Crippen LogP contribution in [0.3, 0.4) is 0 Å². The molecule has 0 aliphatic carbocycles. The summed E-state index contributed by atoms with van der Waals surface area (Å²) in [5.41, 5.74) is -0.374. The second-order valence-corrected chi connectivity index (χ2v) is 4.63. The van der Waals surface area contributed by atoms with Crippen molar-refractivity contribution >= 4 is 22.1 Å². The first-order chi connectivity index (χ1) is 8.29. The first-order valence-electron chi connectivity index (χ1n) is 4.59. The Hall–Kier alpha value is -0.930. The van der Waals surface area contributed by atoms with Crippen LogP contribution < -0.4 is 29.6 Å². The fraction of sp³-hybridized carbons (Fsp3) is 0.200. The Kier molecular flexibility index (Phi) is 6.67. The van der Waals surface area contributed by atoms with Gasteiger partial charge >= 0.3 is 41.5 Å². The Balaban J connectivity index is 0. The number of methoxy groups -OCH3 is 2. The zero-order valence-corrected chi connectivity index (χ0v) is 13.4. The molecule has 0 aromatic heterocycles. The third-order valence-corrected chi connectivity index (χ3v) is 2.88. The van der Waals surface area contributed by atoms with E-state index in [-0.39, 0.29) is 42.1 Å². The Morgan fingerprint density at radius 1 is 1.05 bits per heavy atom. The van der Waals surface area contributed by atoms with Gasteiger partial charge in [0.2, 0.25) is 0 Å². The third kappa shape index (κ3) is 4.59. The van der Waals surface area contributed by atoms with Crippen molar-refractivity contribution < 1.29 is 63.0 Å². The van der Waals surface area contributed by atoms with Gasteiger partial charge in [-0.2, -0.15) is 8.42 Å². The first-order valence-corrected chi connectivity index (χ1v) is 6.03. The smallest absolute Gasteiger partial charge is 1.00 e. The van der Waals surface area contributed by atoms with Gasteiger partial charge in [-0.3, -0.25) is 4.55 Å². The molecule has 7 nitrogen and oxygen atoms in total. The molecule has 1 rings (SSSR count). The molecule has 1 N–H and O–H groups in total. The summed E-state index contributed by atoms with van der Waals surface area (Å²) in [6, 6.07) is 2.90. The molecule has 0 heterocycles. The van der Waals surface area contributed by atoms with Crippen molar-refractivity contribution in [1.82, 2.24) is 0 Å². The number of rotatable bonds is 3. The maximum atomic E-state index is 11.3. The summed E-state index contributed by atoms with van der Waals surface area (Å²) in [5, 5.41) is 0. The molecule has 0 unspecified atom stereocenters. The van der Waals surface area contributed by atoms with Crippen LogP contribution in [0, 0.1) is 0 Å². The molecule has 0 saturated heterocycles. The second kappa shape index (κ2) is 7.01. The van der Waals surface area contributed by atoms with Crippen LogP contribution in [0.5, 0.6) is 0 Å². The molecule has 0 spiro atoms. The zero-order valence-electron chi connectivity index (χ0n) is 11.5. The van der Waals surface area contributed by atoms with E-state index in [0.717, 1.165) is 32.4 Å². The third-order valence-electron chi connectivity index (χ3n) is 2.05. The molecule has 0 radical (unpaired) electrons. The van der Waals surface area contributed by atoms with Gasteiger partial charge in [0.1, 0.15) is 0 Å². The molecular formula is C10H11NaO7S. The number of ether oxygens (including phenoxy) is 2. The van der Waals surface area contributed by atoms with Crippen LogP contribution in [0.4, 0.5) is 0 Å². The van der Waals surface area contributed by atoms with Gasteiger partial charge in [0, 0.05) is 0 Å². The number of carbonyl (C=O) groups is 2. The van der Waals surface area contributed by atoms with Gasteiger partial charge in [0.05, 0.1) is 30.2 Å². The summed E-state index contributed by atoms with van der Waals surface area (Å²) in [4.78, 5) is 22.0. The van der Waals surface area contributed by atoms with Crippen LogP contribution in [0.1, 0.15) is 22.1 Å². The summed E-state index contributed by atoms with van der Waals surface area (Å²) >= 11 is 0. The normalized spacial score (nSPS) is 10.3. The predicted octanol–water partition coefficient (Wildman–Crippen LogP) is -2.38. The van der Waals surface area contributed by atoms with Crippen molar-refractivity contribution in [3.8, 4) is 0 Å². The van der Waals surface area contributed by atoms with Gasteiger partial charge in [-0.1, -0.05) is 0 Å². The van der Waals surface area contributed by atoms with Gasteiger partial charge < -0.3 is 10.9 Å². The fourth-order valence-corrected chi connectivity index (χ4v) is 1.77. The summed E-state index contributed by atoms with van der Waals surface area (Å²) in [7, 11) is -2.35. The van der Waals surface area contributed by atoms with E-state index in [1.807, 2.05) is 0 Å². The monoisotopic (exact) mass is 298 g/mol. The van der Waals surface area contributed by atoms with Crippen LogP contribution in [0.15, 0.2) is 23.1 Å². The standard InChI is InChI=1S/C10H10O7S.Na.H/c1-16-9(11)6-3-7(10(12)17-2)5-8(4-6)18(13,14)15;;/h3-5H,1-2H3,(H,13,14,15);;/q;+1;-1. The fourth-order valence-electron chi connectivity index (χ4n) is 1.22. The molecule has 19 heavy (non-hydrogen) atoms. The molecule has 0 saturated carbocycles. The molecule has 0 fully saturated rings. The summed E-state index contributed by atoms with van der Waals surface area (Å²) in [6.07, 6.45) is 0. The number of hydrogen-bond donors (Lipinski definition) is 1. The average molecular weight is 298 g/mol. The van der Waals surface area contributed by atoms with Gasteiger partial charge in [0.15, 0.2) is 0 Å². The molecule has 0 aliphatic heterocycles. The van der Waals surface area contributed by atoms with E-state index < -0.39 is 27.0 Å². The minimum Gasteiger partial charge on any atom is -1.00 e. The van der Waals surface area contributed by atoms with Crippen LogP contribution in [0.2, 0.25) is 0 Å². The van der Waals surface area contributed by atoms with E-state index >= 15 is 0 Å². The minimum atomic E-state index is -4.55. The number of carbonyl (C=O) groups excluding carboxylic acids is 2. The number of esters is 2. The van der Waals surface area contributed by atoms with Crippen LogP contribution in [0.25, 0.3) is 0 Å². The topological polar surface area (TPSA) is 107 Å². The van der Waals surface area contributed by atoms with Gasteiger partial charge in [-0.05, 0) is 18.2 Å². The van der Waals surface area contributed by atoms with Gasteiger partial charge in [-0.25, -0.2) is 9.59 Å². The van der Waals surface area contributed by atoms with Crippen LogP contribution >= 0.6 is 0 Å². The predicted molar refractivity (Wildman–Crippen MR) is 60.0 cm³/mol. The molecule has 1 aromatic carbocycles. The van der Waals surface area contributed by atoms with Crippen molar-refractivity contribution in [2.24, 2.45) is 0 Å². The molecule has 9 heteroatoms. The largest absolute Gasteiger partial charge is 1.00 e. The molecule has 0 bridgehead atoms. The van der Waals surface area contributed by atoms with E-state index in [2.05, 4.69) is 9.47 Å². The number of benzene rings is 1. The van der Waals surface area contributed by atoms with Crippen molar-refractivity contribution in [2.45, 2.75) is 4.90 Å². The van der Waals surface area contributed by atoms with E-state index in [0.29, 0.717) is 0 Å². The van der Waals surface area contributed by atoms with E-state index in [1.165, 1.54) is 0 Å². The van der Waals surface area contributed by atoms with Gasteiger partial charge in [0.25, 0.3) is 10.1 Å². The maximum Gasteiger partial charge on any atom is 1.00 e. The maximum absolute atomic E-state index is 11.3. The van der Waals surface area contributed by atoms with E-state index in [1.54, 1.807) is 0 Å². The van der Waals surface area contributed by atoms with Gasteiger partial charge in [-0.15, -0.1) is 0 Å².